The minimum Gasteiger partial charge on any atom is -0.379 e. The summed E-state index contributed by atoms with van der Waals surface area (Å²) >= 11 is 0. The Morgan fingerprint density at radius 2 is 1.73 bits per heavy atom. The standard InChI is InChI=1S/C30H37N3O3S/c1-21-17-32-28(33-26(21)14-11-23-7-5-6-8-24(23)16-27(31)34)15-22-9-12-25(13-10-22)30(18-36-19-30)20-37(35)29(2,3)4/h5-10,12-13,17H,11,14-16,18-20H2,1-4H3,(H2,31,34). The lowest BCUT2D eigenvalue weighted by atomic mass is 9.80. The number of aromatic nitrogens is 2. The van der Waals surface area contributed by atoms with E-state index in [0.717, 1.165) is 46.6 Å². The average molecular weight is 520 g/mol. The maximum atomic E-state index is 12.8. The Balaban J connectivity index is 1.44. The van der Waals surface area contributed by atoms with E-state index in [1.54, 1.807) is 0 Å². The van der Waals surface area contributed by atoms with Crippen LogP contribution in [0.5, 0.6) is 0 Å². The van der Waals surface area contributed by atoms with E-state index >= 15 is 0 Å². The molecule has 6 nitrogen and oxygen atoms in total. The van der Waals surface area contributed by atoms with Crippen molar-refractivity contribution >= 4 is 16.7 Å². The zero-order chi connectivity index (χ0) is 26.6. The van der Waals surface area contributed by atoms with E-state index in [0.29, 0.717) is 25.4 Å². The second-order valence-electron chi connectivity index (χ2n) is 11.1. The van der Waals surface area contributed by atoms with Crippen LogP contribution in [-0.4, -0.2) is 43.8 Å². The predicted molar refractivity (Wildman–Crippen MR) is 148 cm³/mol. The summed E-state index contributed by atoms with van der Waals surface area (Å²) in [4.78, 5) is 20.9. The molecule has 3 aromatic rings. The van der Waals surface area contributed by atoms with Gasteiger partial charge in [-0.2, -0.15) is 0 Å². The molecule has 1 saturated heterocycles. The number of primary amides is 1. The molecule has 2 N–H and O–H groups in total. The number of nitrogens with two attached hydrogens (primary N) is 1. The van der Waals surface area contributed by atoms with Crippen molar-refractivity contribution in [1.82, 2.24) is 9.97 Å². The molecule has 0 bridgehead atoms. The van der Waals surface area contributed by atoms with E-state index < -0.39 is 10.8 Å². The van der Waals surface area contributed by atoms with Crippen LogP contribution in [0.2, 0.25) is 0 Å². The van der Waals surface area contributed by atoms with Crippen LogP contribution in [0.1, 0.15) is 60.1 Å². The third-order valence-electron chi connectivity index (χ3n) is 7.02. The average Bonchev–Trinajstić information content (AvgIpc) is 2.82. The van der Waals surface area contributed by atoms with Crippen LogP contribution in [0.4, 0.5) is 0 Å². The topological polar surface area (TPSA) is 95.2 Å². The first kappa shape index (κ1) is 27.1. The van der Waals surface area contributed by atoms with E-state index in [4.69, 9.17) is 15.5 Å². The molecule has 1 aliphatic heterocycles. The van der Waals surface area contributed by atoms with Crippen molar-refractivity contribution in [1.29, 1.82) is 0 Å². The molecule has 1 fully saturated rings. The fourth-order valence-electron chi connectivity index (χ4n) is 4.58. The summed E-state index contributed by atoms with van der Waals surface area (Å²) in [6.07, 6.45) is 4.34. The van der Waals surface area contributed by atoms with E-state index in [-0.39, 0.29) is 22.5 Å². The molecule has 2 heterocycles. The van der Waals surface area contributed by atoms with E-state index in [9.17, 15) is 9.00 Å². The zero-order valence-corrected chi connectivity index (χ0v) is 23.1. The number of hydrogen-bond acceptors (Lipinski definition) is 5. The number of carbonyl (C=O) groups excluding carboxylic acids is 1. The number of ether oxygens (including phenoxy) is 1. The monoisotopic (exact) mass is 519 g/mol. The lowest BCUT2D eigenvalue weighted by Crippen LogP contribution is -2.52. The first-order chi connectivity index (χ1) is 17.6. The van der Waals surface area contributed by atoms with Crippen LogP contribution in [0, 0.1) is 6.92 Å². The van der Waals surface area contributed by atoms with Crippen molar-refractivity contribution in [3.63, 3.8) is 0 Å². The van der Waals surface area contributed by atoms with Crippen molar-refractivity contribution in [2.45, 2.75) is 63.5 Å². The second-order valence-corrected chi connectivity index (χ2v) is 13.3. The Hall–Kier alpha value is -2.90. The number of benzene rings is 2. The molecule has 37 heavy (non-hydrogen) atoms. The molecule has 0 saturated carbocycles. The van der Waals surface area contributed by atoms with Crippen LogP contribution in [-0.2, 0) is 51.4 Å². The maximum Gasteiger partial charge on any atom is 0.221 e. The van der Waals surface area contributed by atoms with Crippen LogP contribution in [0.25, 0.3) is 0 Å². The minimum atomic E-state index is -0.941. The van der Waals surface area contributed by atoms with Gasteiger partial charge in [-0.3, -0.25) is 9.00 Å². The van der Waals surface area contributed by atoms with Gasteiger partial charge in [-0.15, -0.1) is 0 Å². The summed E-state index contributed by atoms with van der Waals surface area (Å²) in [5.74, 6) is 1.08. The number of rotatable bonds is 10. The maximum absolute atomic E-state index is 12.8. The molecule has 1 atom stereocenters. The predicted octanol–water partition coefficient (Wildman–Crippen LogP) is 4.00. The summed E-state index contributed by atoms with van der Waals surface area (Å²) < 4.78 is 18.2. The van der Waals surface area contributed by atoms with Crippen LogP contribution >= 0.6 is 0 Å². The number of amides is 1. The van der Waals surface area contributed by atoms with Gasteiger partial charge in [-0.25, -0.2) is 9.97 Å². The van der Waals surface area contributed by atoms with Crippen molar-refractivity contribution in [3.05, 3.63) is 94.1 Å². The molecule has 196 valence electrons. The van der Waals surface area contributed by atoms with Crippen LogP contribution in [0.15, 0.2) is 54.7 Å². The fraction of sp³-hybridized carbons (Fsp3) is 0.433. The normalized spacial score (nSPS) is 15.7. The number of aryl methyl sites for hydroxylation is 3. The molecule has 1 unspecified atom stereocenters. The van der Waals surface area contributed by atoms with Crippen LogP contribution < -0.4 is 5.73 Å². The number of hydrogen-bond donors (Lipinski definition) is 1. The van der Waals surface area contributed by atoms with Crippen LogP contribution in [0.3, 0.4) is 0 Å². The van der Waals surface area contributed by atoms with Gasteiger partial charge in [-0.05, 0) is 68.4 Å². The van der Waals surface area contributed by atoms with Gasteiger partial charge in [0.1, 0.15) is 5.82 Å². The molecule has 4 rings (SSSR count). The van der Waals surface area contributed by atoms with Crippen molar-refractivity contribution < 1.29 is 13.7 Å². The van der Waals surface area contributed by atoms with Gasteiger partial charge in [0.25, 0.3) is 0 Å². The van der Waals surface area contributed by atoms with Crippen molar-refractivity contribution in [3.8, 4) is 0 Å². The van der Waals surface area contributed by atoms with Gasteiger partial charge in [-0.1, -0.05) is 48.5 Å². The summed E-state index contributed by atoms with van der Waals surface area (Å²) in [5.41, 5.74) is 11.7. The molecule has 0 radical (unpaired) electrons. The summed E-state index contributed by atoms with van der Waals surface area (Å²) in [6, 6.07) is 16.5. The minimum absolute atomic E-state index is 0.172. The Bertz CT molecular complexity index is 1280. The molecule has 1 amide bonds. The first-order valence-electron chi connectivity index (χ1n) is 12.8. The summed E-state index contributed by atoms with van der Waals surface area (Å²) in [5, 5.41) is 0. The van der Waals surface area contributed by atoms with Gasteiger partial charge in [0.15, 0.2) is 0 Å². The Morgan fingerprint density at radius 3 is 2.32 bits per heavy atom. The number of nitrogens with zero attached hydrogens (tertiary/aromatic N) is 2. The molecule has 7 heteroatoms. The quantitative estimate of drug-likeness (QED) is 0.437. The molecule has 2 aromatic carbocycles. The first-order valence-corrected chi connectivity index (χ1v) is 14.1. The van der Waals surface area contributed by atoms with Crippen molar-refractivity contribution in [2.24, 2.45) is 5.73 Å². The molecule has 1 aliphatic rings. The van der Waals surface area contributed by atoms with Gasteiger partial charge >= 0.3 is 0 Å². The largest absolute Gasteiger partial charge is 0.379 e. The van der Waals surface area contributed by atoms with Gasteiger partial charge in [0.05, 0.1) is 25.0 Å². The van der Waals surface area contributed by atoms with Gasteiger partial charge in [0, 0.05) is 39.6 Å². The molecule has 0 spiro atoms. The lowest BCUT2D eigenvalue weighted by Gasteiger charge is -2.43. The number of carbonyl (C=O) groups is 1. The third kappa shape index (κ3) is 6.70. The van der Waals surface area contributed by atoms with E-state index in [1.807, 2.05) is 58.2 Å². The fourth-order valence-corrected chi connectivity index (χ4v) is 5.85. The van der Waals surface area contributed by atoms with Gasteiger partial charge in [0.2, 0.25) is 5.91 Å². The Labute approximate surface area is 222 Å². The molecular formula is C30H37N3O3S. The third-order valence-corrected chi connectivity index (χ3v) is 9.20. The molecule has 0 aliphatic carbocycles. The molecule has 1 aromatic heterocycles. The highest BCUT2D eigenvalue weighted by Crippen LogP contribution is 2.35. The summed E-state index contributed by atoms with van der Waals surface area (Å²) in [6.45, 7) is 9.33. The second kappa shape index (κ2) is 11.2. The summed E-state index contributed by atoms with van der Waals surface area (Å²) in [7, 11) is -0.941. The van der Waals surface area contributed by atoms with Crippen molar-refractivity contribution in [2.75, 3.05) is 19.0 Å². The zero-order valence-electron chi connectivity index (χ0n) is 22.3. The highest BCUT2D eigenvalue weighted by molar-refractivity contribution is 7.86. The Kier molecular flexibility index (Phi) is 8.24. The van der Waals surface area contributed by atoms with E-state index in [1.165, 1.54) is 5.56 Å². The molecular weight excluding hydrogens is 482 g/mol. The highest BCUT2D eigenvalue weighted by atomic mass is 32.2. The van der Waals surface area contributed by atoms with Gasteiger partial charge < -0.3 is 10.5 Å². The highest BCUT2D eigenvalue weighted by Gasteiger charge is 2.43. The lowest BCUT2D eigenvalue weighted by molar-refractivity contribution is -0.117. The SMILES string of the molecule is Cc1cnc(Cc2ccc(C3(CS(=O)C(C)(C)C)COC3)cc2)nc1CCc1ccccc1CC(N)=O. The smallest absolute Gasteiger partial charge is 0.221 e. The van der Waals surface area contributed by atoms with E-state index in [2.05, 4.69) is 29.2 Å². The Morgan fingerprint density at radius 1 is 1.05 bits per heavy atom.